The van der Waals surface area contributed by atoms with Crippen LogP contribution in [0, 0.1) is 12.8 Å². The van der Waals surface area contributed by atoms with E-state index in [1.165, 1.54) is 28.7 Å². The summed E-state index contributed by atoms with van der Waals surface area (Å²) in [7, 11) is 0. The summed E-state index contributed by atoms with van der Waals surface area (Å²) >= 11 is 4.09. The molecule has 1 N–H and O–H groups in total. The molecule has 2 atom stereocenters. The van der Waals surface area contributed by atoms with Gasteiger partial charge in [0.15, 0.2) is 11.0 Å². The molecule has 1 saturated heterocycles. The number of thiazole rings is 1. The molecule has 2 unspecified atom stereocenters. The van der Waals surface area contributed by atoms with Crippen molar-refractivity contribution in [2.75, 3.05) is 0 Å². The highest BCUT2D eigenvalue weighted by Gasteiger charge is 2.49. The van der Waals surface area contributed by atoms with Gasteiger partial charge in [-0.3, -0.25) is 14.4 Å². The predicted octanol–water partition coefficient (Wildman–Crippen LogP) is 6.26. The Morgan fingerprint density at radius 3 is 2.59 bits per heavy atom. The van der Waals surface area contributed by atoms with Crippen molar-refractivity contribution < 1.29 is 14.3 Å². The van der Waals surface area contributed by atoms with Crippen LogP contribution in [0.5, 0.6) is 0 Å². The predicted molar refractivity (Wildman–Crippen MR) is 141 cm³/mol. The minimum Gasteiger partial charge on any atom is -0.457 e. The van der Waals surface area contributed by atoms with Crippen molar-refractivity contribution in [1.82, 2.24) is 4.98 Å². The molecule has 0 spiro atoms. The standard InChI is InChI=1S/C26H31NO4S3/c1-14(2)26(9-7-16-8-10-32-13-16)12-17(28)21(23(29)31-26)33-18-11-15(3)20-22(34-24(30)27-20)19(18)25(4,5)6/h8,10-11,13-14,21H,7,9,12H2,1-6H3,(H,27,30). The van der Waals surface area contributed by atoms with Gasteiger partial charge in [-0.15, -0.1) is 11.8 Å². The van der Waals surface area contributed by atoms with Gasteiger partial charge in [-0.05, 0) is 70.7 Å². The lowest BCUT2D eigenvalue weighted by Gasteiger charge is -2.41. The maximum atomic E-state index is 13.4. The number of ketones is 1. The van der Waals surface area contributed by atoms with E-state index in [-0.39, 0.29) is 28.4 Å². The Balaban J connectivity index is 1.65. The van der Waals surface area contributed by atoms with E-state index in [4.69, 9.17) is 4.74 Å². The first-order valence-electron chi connectivity index (χ1n) is 11.5. The number of carbonyl (C=O) groups excluding carboxylic acids is 2. The Labute approximate surface area is 212 Å². The van der Waals surface area contributed by atoms with Crippen molar-refractivity contribution in [2.45, 2.75) is 82.0 Å². The highest BCUT2D eigenvalue weighted by Crippen LogP contribution is 2.45. The fraction of sp³-hybridized carbons (Fsp3) is 0.500. The number of rotatable bonds is 6. The summed E-state index contributed by atoms with van der Waals surface area (Å²) in [6.45, 7) is 12.2. The Morgan fingerprint density at radius 1 is 1.26 bits per heavy atom. The smallest absolute Gasteiger partial charge is 0.327 e. The van der Waals surface area contributed by atoms with Gasteiger partial charge in [0.25, 0.3) is 0 Å². The number of benzene rings is 1. The third-order valence-corrected chi connectivity index (χ3v) is 9.51. The van der Waals surface area contributed by atoms with Gasteiger partial charge >= 0.3 is 10.8 Å². The number of carbonyl (C=O) groups is 2. The van der Waals surface area contributed by atoms with Gasteiger partial charge in [0.2, 0.25) is 0 Å². The van der Waals surface area contributed by atoms with Crippen LogP contribution in [-0.4, -0.2) is 27.6 Å². The van der Waals surface area contributed by atoms with Gasteiger partial charge in [0.1, 0.15) is 5.60 Å². The van der Waals surface area contributed by atoms with Gasteiger partial charge < -0.3 is 9.72 Å². The molecule has 34 heavy (non-hydrogen) atoms. The highest BCUT2D eigenvalue weighted by molar-refractivity contribution is 8.01. The summed E-state index contributed by atoms with van der Waals surface area (Å²) < 4.78 is 7.00. The van der Waals surface area contributed by atoms with Crippen LogP contribution in [0.2, 0.25) is 0 Å². The monoisotopic (exact) mass is 517 g/mol. The quantitative estimate of drug-likeness (QED) is 0.308. The van der Waals surface area contributed by atoms with Gasteiger partial charge in [0, 0.05) is 11.3 Å². The molecule has 1 aliphatic heterocycles. The molecule has 4 rings (SSSR count). The number of esters is 1. The third kappa shape index (κ3) is 4.77. The number of hydrogen-bond acceptors (Lipinski definition) is 7. The first-order chi connectivity index (χ1) is 15.9. The van der Waals surface area contributed by atoms with E-state index in [2.05, 4.69) is 37.2 Å². The van der Waals surface area contributed by atoms with E-state index in [0.717, 1.165) is 32.7 Å². The molecule has 0 aliphatic carbocycles. The van der Waals surface area contributed by atoms with Gasteiger partial charge in [-0.25, -0.2) is 0 Å². The number of thiophene rings is 1. The van der Waals surface area contributed by atoms with E-state index >= 15 is 0 Å². The number of aryl methyl sites for hydroxylation is 2. The van der Waals surface area contributed by atoms with Crippen LogP contribution >= 0.6 is 34.4 Å². The average Bonchev–Trinajstić information content (AvgIpc) is 3.37. The summed E-state index contributed by atoms with van der Waals surface area (Å²) in [5.74, 6) is -0.508. The Morgan fingerprint density at radius 2 is 2.00 bits per heavy atom. The van der Waals surface area contributed by atoms with Crippen molar-refractivity contribution in [3.05, 3.63) is 49.3 Å². The highest BCUT2D eigenvalue weighted by atomic mass is 32.2. The number of aromatic amines is 1. The molecule has 2 aromatic heterocycles. The van der Waals surface area contributed by atoms with Gasteiger partial charge in [-0.2, -0.15) is 11.3 Å². The topological polar surface area (TPSA) is 76.2 Å². The zero-order chi connectivity index (χ0) is 24.8. The van der Waals surface area contributed by atoms with Crippen molar-refractivity contribution in [3.63, 3.8) is 0 Å². The van der Waals surface area contributed by atoms with Gasteiger partial charge in [0.05, 0.1) is 10.2 Å². The second-order valence-electron chi connectivity index (χ2n) is 10.4. The molecular weight excluding hydrogens is 486 g/mol. The molecule has 3 heterocycles. The normalized spacial score (nSPS) is 21.4. The first-order valence-corrected chi connectivity index (χ1v) is 14.2. The van der Waals surface area contributed by atoms with E-state index in [1.807, 2.05) is 32.2 Å². The summed E-state index contributed by atoms with van der Waals surface area (Å²) in [6.07, 6.45) is 1.63. The SMILES string of the molecule is Cc1cc(SC2C(=O)CC(CCc3ccsc3)(C(C)C)OC2=O)c(C(C)(C)C)c2sc(=O)[nH]c12. The van der Waals surface area contributed by atoms with E-state index in [0.29, 0.717) is 6.42 Å². The lowest BCUT2D eigenvalue weighted by atomic mass is 9.78. The van der Waals surface area contributed by atoms with Crippen LogP contribution < -0.4 is 4.87 Å². The minimum absolute atomic E-state index is 0.0332. The zero-order valence-electron chi connectivity index (χ0n) is 20.4. The zero-order valence-corrected chi connectivity index (χ0v) is 22.9. The van der Waals surface area contributed by atoms with E-state index < -0.39 is 16.8 Å². The number of hydrogen-bond donors (Lipinski definition) is 1. The van der Waals surface area contributed by atoms with Crippen LogP contribution in [0.15, 0.2) is 32.6 Å². The van der Waals surface area contributed by atoms with E-state index in [9.17, 15) is 14.4 Å². The van der Waals surface area contributed by atoms with Crippen LogP contribution in [0.4, 0.5) is 0 Å². The fourth-order valence-corrected chi connectivity index (χ4v) is 7.95. The fourth-order valence-electron chi connectivity index (χ4n) is 4.63. The van der Waals surface area contributed by atoms with Crippen LogP contribution in [0.1, 0.15) is 64.2 Å². The Bertz CT molecular complexity index is 1260. The molecule has 8 heteroatoms. The number of nitrogens with one attached hydrogen (secondary N) is 1. The van der Waals surface area contributed by atoms with Crippen molar-refractivity contribution >= 4 is 56.4 Å². The molecule has 0 amide bonds. The molecule has 0 radical (unpaired) electrons. The van der Waals surface area contributed by atoms with Crippen molar-refractivity contribution in [3.8, 4) is 0 Å². The van der Waals surface area contributed by atoms with Crippen molar-refractivity contribution in [2.24, 2.45) is 5.92 Å². The van der Waals surface area contributed by atoms with Crippen LogP contribution in [-0.2, 0) is 26.2 Å². The van der Waals surface area contributed by atoms with Gasteiger partial charge in [-0.1, -0.05) is 46.0 Å². The first kappa shape index (κ1) is 25.2. The molecule has 182 valence electrons. The lowest BCUT2D eigenvalue weighted by molar-refractivity contribution is -0.176. The van der Waals surface area contributed by atoms with Crippen LogP contribution in [0.3, 0.4) is 0 Å². The maximum Gasteiger partial charge on any atom is 0.327 e. The minimum atomic E-state index is -0.901. The number of thioether (sulfide) groups is 1. The summed E-state index contributed by atoms with van der Waals surface area (Å²) in [6, 6.07) is 4.06. The molecule has 0 bridgehead atoms. The van der Waals surface area contributed by atoms with E-state index in [1.54, 1.807) is 11.3 Å². The Kier molecular flexibility index (Phi) is 6.88. The number of fused-ring (bicyclic) bond motifs is 1. The molecule has 1 fully saturated rings. The molecule has 5 nitrogen and oxygen atoms in total. The number of ether oxygens (including phenoxy) is 1. The number of H-pyrrole nitrogens is 1. The average molecular weight is 518 g/mol. The summed E-state index contributed by atoms with van der Waals surface area (Å²) in [5.41, 5.74) is 2.89. The molecule has 0 saturated carbocycles. The summed E-state index contributed by atoms with van der Waals surface area (Å²) in [4.78, 5) is 42.5. The summed E-state index contributed by atoms with van der Waals surface area (Å²) in [5, 5.41) is 3.23. The largest absolute Gasteiger partial charge is 0.457 e. The Hall–Kier alpha value is -1.90. The maximum absolute atomic E-state index is 13.4. The van der Waals surface area contributed by atoms with Crippen molar-refractivity contribution in [1.29, 1.82) is 0 Å². The second kappa shape index (κ2) is 9.28. The van der Waals surface area contributed by atoms with Crippen LogP contribution in [0.25, 0.3) is 10.2 Å². The lowest BCUT2D eigenvalue weighted by Crippen LogP contribution is -2.52. The number of Topliss-reactive ketones (excluding diaryl/α,β-unsaturated/α-hetero) is 1. The number of cyclic esters (lactones) is 1. The molecular formula is C26H31NO4S3. The molecule has 1 aliphatic rings. The molecule has 3 aromatic rings. The second-order valence-corrected chi connectivity index (χ2v) is 13.4. The molecule has 1 aromatic carbocycles. The third-order valence-electron chi connectivity index (χ3n) is 6.61. The number of aromatic nitrogens is 1.